The number of hydrogen-bond acceptors (Lipinski definition) is 4. The molecule has 0 aliphatic heterocycles. The van der Waals surface area contributed by atoms with Crippen molar-refractivity contribution in [3.05, 3.63) is 29.8 Å². The van der Waals surface area contributed by atoms with Gasteiger partial charge in [0.1, 0.15) is 5.75 Å². The average molecular weight is 281 g/mol. The summed E-state index contributed by atoms with van der Waals surface area (Å²) < 4.78 is 15.8. The Labute approximate surface area is 122 Å². The predicted octanol–water partition coefficient (Wildman–Crippen LogP) is 2.13. The molecule has 0 heterocycles. The Balaban J connectivity index is 2.44. The Bertz CT molecular complexity index is 340. The number of nitrogens with one attached hydrogen (secondary N) is 1. The van der Waals surface area contributed by atoms with Gasteiger partial charge in [0, 0.05) is 26.8 Å². The lowest BCUT2D eigenvalue weighted by Gasteiger charge is -2.18. The highest BCUT2D eigenvalue weighted by Crippen LogP contribution is 2.14. The van der Waals surface area contributed by atoms with Crippen molar-refractivity contribution in [2.24, 2.45) is 5.92 Å². The SMILES string of the molecule is CCOCC(CNCCOC)Cc1ccc(OC)cc1. The summed E-state index contributed by atoms with van der Waals surface area (Å²) >= 11 is 0. The van der Waals surface area contributed by atoms with Gasteiger partial charge in [-0.1, -0.05) is 12.1 Å². The normalized spacial score (nSPS) is 12.3. The maximum absolute atomic E-state index is 5.57. The Morgan fingerprint density at radius 2 is 1.90 bits per heavy atom. The van der Waals surface area contributed by atoms with Crippen molar-refractivity contribution in [1.82, 2.24) is 5.32 Å². The molecular weight excluding hydrogens is 254 g/mol. The maximum atomic E-state index is 5.57. The van der Waals surface area contributed by atoms with E-state index in [1.807, 2.05) is 19.1 Å². The van der Waals surface area contributed by atoms with Gasteiger partial charge in [-0.05, 0) is 37.0 Å². The third kappa shape index (κ3) is 6.89. The highest BCUT2D eigenvalue weighted by molar-refractivity contribution is 5.27. The fourth-order valence-corrected chi connectivity index (χ4v) is 2.05. The molecule has 1 unspecified atom stereocenters. The van der Waals surface area contributed by atoms with Gasteiger partial charge >= 0.3 is 0 Å². The van der Waals surface area contributed by atoms with E-state index in [0.29, 0.717) is 5.92 Å². The number of rotatable bonds is 11. The molecule has 1 N–H and O–H groups in total. The maximum Gasteiger partial charge on any atom is 0.118 e. The monoisotopic (exact) mass is 281 g/mol. The van der Waals surface area contributed by atoms with Crippen LogP contribution in [-0.2, 0) is 15.9 Å². The molecule has 0 amide bonds. The molecule has 0 aliphatic rings. The fourth-order valence-electron chi connectivity index (χ4n) is 2.05. The molecule has 0 spiro atoms. The number of ether oxygens (including phenoxy) is 3. The summed E-state index contributed by atoms with van der Waals surface area (Å²) in [6, 6.07) is 8.25. The van der Waals surface area contributed by atoms with Crippen LogP contribution in [0, 0.1) is 5.92 Å². The third-order valence-corrected chi connectivity index (χ3v) is 3.16. The fraction of sp³-hybridized carbons (Fsp3) is 0.625. The number of benzene rings is 1. The Hall–Kier alpha value is -1.10. The molecule has 4 nitrogen and oxygen atoms in total. The van der Waals surface area contributed by atoms with Gasteiger partial charge in [-0.2, -0.15) is 0 Å². The zero-order valence-electron chi connectivity index (χ0n) is 12.9. The van der Waals surface area contributed by atoms with E-state index >= 15 is 0 Å². The van der Waals surface area contributed by atoms with E-state index in [9.17, 15) is 0 Å². The largest absolute Gasteiger partial charge is 0.497 e. The van der Waals surface area contributed by atoms with Crippen molar-refractivity contribution < 1.29 is 14.2 Å². The number of methoxy groups -OCH3 is 2. The van der Waals surface area contributed by atoms with Crippen LogP contribution in [0.2, 0.25) is 0 Å². The van der Waals surface area contributed by atoms with Gasteiger partial charge in [-0.15, -0.1) is 0 Å². The molecule has 0 aliphatic carbocycles. The first-order valence-corrected chi connectivity index (χ1v) is 7.20. The highest BCUT2D eigenvalue weighted by atomic mass is 16.5. The van der Waals surface area contributed by atoms with Crippen LogP contribution in [0.1, 0.15) is 12.5 Å². The van der Waals surface area contributed by atoms with Crippen LogP contribution in [0.3, 0.4) is 0 Å². The third-order valence-electron chi connectivity index (χ3n) is 3.16. The van der Waals surface area contributed by atoms with E-state index < -0.39 is 0 Å². The van der Waals surface area contributed by atoms with Crippen LogP contribution in [0.5, 0.6) is 5.75 Å². The van der Waals surface area contributed by atoms with Crippen molar-refractivity contribution in [2.75, 3.05) is 47.1 Å². The molecule has 0 fully saturated rings. The summed E-state index contributed by atoms with van der Waals surface area (Å²) in [6.07, 6.45) is 1.00. The van der Waals surface area contributed by atoms with Crippen LogP contribution in [-0.4, -0.2) is 47.1 Å². The first kappa shape index (κ1) is 17.0. The predicted molar refractivity (Wildman–Crippen MR) is 81.4 cm³/mol. The molecular formula is C16H27NO3. The van der Waals surface area contributed by atoms with Crippen LogP contribution < -0.4 is 10.1 Å². The molecule has 114 valence electrons. The molecule has 0 radical (unpaired) electrons. The van der Waals surface area contributed by atoms with Gasteiger partial charge in [0.2, 0.25) is 0 Å². The van der Waals surface area contributed by atoms with Gasteiger partial charge in [-0.3, -0.25) is 0 Å². The summed E-state index contributed by atoms with van der Waals surface area (Å²) in [7, 11) is 3.41. The second-order valence-corrected chi connectivity index (χ2v) is 4.77. The van der Waals surface area contributed by atoms with Crippen LogP contribution in [0.15, 0.2) is 24.3 Å². The Morgan fingerprint density at radius 3 is 2.50 bits per heavy atom. The number of hydrogen-bond donors (Lipinski definition) is 1. The van der Waals surface area contributed by atoms with E-state index in [1.165, 1.54) is 5.56 Å². The lowest BCUT2D eigenvalue weighted by Crippen LogP contribution is -2.30. The molecule has 1 aromatic carbocycles. The molecule has 0 aromatic heterocycles. The quantitative estimate of drug-likeness (QED) is 0.631. The first-order valence-electron chi connectivity index (χ1n) is 7.20. The Kier molecular flexibility index (Phi) is 9.04. The lowest BCUT2D eigenvalue weighted by atomic mass is 10.00. The highest BCUT2D eigenvalue weighted by Gasteiger charge is 2.10. The van der Waals surface area contributed by atoms with Crippen LogP contribution in [0.4, 0.5) is 0 Å². The summed E-state index contributed by atoms with van der Waals surface area (Å²) in [5.74, 6) is 1.37. The zero-order valence-corrected chi connectivity index (χ0v) is 12.9. The van der Waals surface area contributed by atoms with Crippen molar-refractivity contribution in [1.29, 1.82) is 0 Å². The minimum Gasteiger partial charge on any atom is -0.497 e. The first-order chi connectivity index (χ1) is 9.80. The standard InChI is InChI=1S/C16H27NO3/c1-4-20-13-15(12-17-9-10-18-2)11-14-5-7-16(19-3)8-6-14/h5-8,15,17H,4,9-13H2,1-3H3. The van der Waals surface area contributed by atoms with Gasteiger partial charge in [0.25, 0.3) is 0 Å². The van der Waals surface area contributed by atoms with Crippen molar-refractivity contribution in [3.8, 4) is 5.75 Å². The second-order valence-electron chi connectivity index (χ2n) is 4.77. The molecule has 0 saturated heterocycles. The molecule has 0 saturated carbocycles. The van der Waals surface area contributed by atoms with E-state index in [2.05, 4.69) is 17.4 Å². The van der Waals surface area contributed by atoms with Crippen molar-refractivity contribution in [3.63, 3.8) is 0 Å². The minimum atomic E-state index is 0.472. The van der Waals surface area contributed by atoms with Gasteiger partial charge in [0.15, 0.2) is 0 Å². The minimum absolute atomic E-state index is 0.472. The summed E-state index contributed by atoms with van der Waals surface area (Å²) in [4.78, 5) is 0. The molecule has 1 atom stereocenters. The summed E-state index contributed by atoms with van der Waals surface area (Å²) in [5.41, 5.74) is 1.31. The van der Waals surface area contributed by atoms with E-state index in [-0.39, 0.29) is 0 Å². The lowest BCUT2D eigenvalue weighted by molar-refractivity contribution is 0.108. The average Bonchev–Trinajstić information content (AvgIpc) is 2.49. The topological polar surface area (TPSA) is 39.7 Å². The van der Waals surface area contributed by atoms with Gasteiger partial charge in [0.05, 0.1) is 20.3 Å². The van der Waals surface area contributed by atoms with E-state index in [4.69, 9.17) is 14.2 Å². The summed E-state index contributed by atoms with van der Waals surface area (Å²) in [6.45, 7) is 6.13. The Morgan fingerprint density at radius 1 is 1.15 bits per heavy atom. The molecule has 0 bridgehead atoms. The van der Waals surface area contributed by atoms with Crippen LogP contribution in [0.25, 0.3) is 0 Å². The smallest absolute Gasteiger partial charge is 0.118 e. The van der Waals surface area contributed by atoms with Crippen molar-refractivity contribution >= 4 is 0 Å². The van der Waals surface area contributed by atoms with Crippen molar-refractivity contribution in [2.45, 2.75) is 13.3 Å². The van der Waals surface area contributed by atoms with E-state index in [1.54, 1.807) is 14.2 Å². The van der Waals surface area contributed by atoms with Crippen LogP contribution >= 0.6 is 0 Å². The van der Waals surface area contributed by atoms with E-state index in [0.717, 1.165) is 45.1 Å². The summed E-state index contributed by atoms with van der Waals surface area (Å²) in [5, 5.41) is 3.41. The van der Waals surface area contributed by atoms with Gasteiger partial charge < -0.3 is 19.5 Å². The molecule has 1 aromatic rings. The molecule has 1 rings (SSSR count). The second kappa shape index (κ2) is 10.7. The van der Waals surface area contributed by atoms with Gasteiger partial charge in [-0.25, -0.2) is 0 Å². The molecule has 20 heavy (non-hydrogen) atoms. The zero-order chi connectivity index (χ0) is 14.6. The molecule has 4 heteroatoms.